The van der Waals surface area contributed by atoms with E-state index < -0.39 is 0 Å². The number of aromatic nitrogens is 2. The van der Waals surface area contributed by atoms with Crippen molar-refractivity contribution in [2.75, 3.05) is 11.9 Å². The van der Waals surface area contributed by atoms with Crippen LogP contribution in [0.5, 0.6) is 5.75 Å². The Balaban J connectivity index is 1.64. The fraction of sp³-hybridized carbons (Fsp3) is 0.292. The van der Waals surface area contributed by atoms with E-state index >= 15 is 0 Å². The molecule has 31 heavy (non-hydrogen) atoms. The highest BCUT2D eigenvalue weighted by atomic mass is 16.3. The maximum absolute atomic E-state index is 12.6. The quantitative estimate of drug-likeness (QED) is 0.525. The lowest BCUT2D eigenvalue weighted by Gasteiger charge is -2.25. The van der Waals surface area contributed by atoms with Crippen molar-refractivity contribution >= 4 is 17.6 Å². The van der Waals surface area contributed by atoms with Crippen molar-refractivity contribution in [2.24, 2.45) is 0 Å². The van der Waals surface area contributed by atoms with Crippen LogP contribution in [-0.4, -0.2) is 33.4 Å². The molecule has 0 aliphatic heterocycles. The summed E-state index contributed by atoms with van der Waals surface area (Å²) in [6.07, 6.45) is 3.17. The number of nitrogens with one attached hydrogen (secondary N) is 2. The monoisotopic (exact) mass is 418 g/mol. The average molecular weight is 418 g/mol. The Morgan fingerprint density at radius 1 is 1.13 bits per heavy atom. The molecule has 1 aromatic heterocycles. The molecule has 7 heteroatoms. The summed E-state index contributed by atoms with van der Waals surface area (Å²) in [5.41, 5.74) is 3.97. The van der Waals surface area contributed by atoms with Crippen molar-refractivity contribution < 1.29 is 14.7 Å². The standard InChI is InChI=1S/C24H26N4O3/c1-3-25-24(31)28-21(16-5-4-6-16)14-20(27-28)19-13-18(11-12-22(19)29)26-23(30)17-9-7-15(2)8-10-17/h7-14,16,29H,3-6H2,1-2H3,(H,25,31)(H,26,30). The molecule has 0 saturated heterocycles. The van der Waals surface area contributed by atoms with Gasteiger partial charge in [-0.2, -0.15) is 9.78 Å². The van der Waals surface area contributed by atoms with Crippen LogP contribution in [0.1, 0.15) is 53.7 Å². The number of carbonyl (C=O) groups is 2. The molecule has 1 aliphatic carbocycles. The predicted octanol–water partition coefficient (Wildman–Crippen LogP) is 4.66. The number of aryl methyl sites for hydroxylation is 1. The van der Waals surface area contributed by atoms with E-state index in [2.05, 4.69) is 15.7 Å². The maximum atomic E-state index is 12.6. The molecule has 0 spiro atoms. The topological polar surface area (TPSA) is 96.3 Å². The Hall–Kier alpha value is -3.61. The van der Waals surface area contributed by atoms with Gasteiger partial charge in [0.25, 0.3) is 5.91 Å². The highest BCUT2D eigenvalue weighted by molar-refractivity contribution is 6.04. The van der Waals surface area contributed by atoms with Gasteiger partial charge in [-0.05, 0) is 63.1 Å². The molecule has 3 N–H and O–H groups in total. The number of hydrogen-bond acceptors (Lipinski definition) is 4. The third kappa shape index (κ3) is 4.30. The van der Waals surface area contributed by atoms with Crippen LogP contribution in [-0.2, 0) is 0 Å². The minimum absolute atomic E-state index is 0.0362. The van der Waals surface area contributed by atoms with Gasteiger partial charge < -0.3 is 15.7 Å². The average Bonchev–Trinajstić information content (AvgIpc) is 3.13. The van der Waals surface area contributed by atoms with Crippen molar-refractivity contribution in [3.63, 3.8) is 0 Å². The number of anilines is 1. The molecule has 0 bridgehead atoms. The third-order valence-electron chi connectivity index (χ3n) is 5.62. The Kier molecular flexibility index (Phi) is 5.75. The van der Waals surface area contributed by atoms with Crippen molar-refractivity contribution in [3.05, 3.63) is 65.4 Å². The van der Waals surface area contributed by atoms with Crippen LogP contribution in [0.3, 0.4) is 0 Å². The predicted molar refractivity (Wildman–Crippen MR) is 120 cm³/mol. The lowest BCUT2D eigenvalue weighted by molar-refractivity contribution is 0.102. The summed E-state index contributed by atoms with van der Waals surface area (Å²) in [4.78, 5) is 25.1. The molecule has 160 valence electrons. The lowest BCUT2D eigenvalue weighted by Crippen LogP contribution is -2.31. The highest BCUT2D eigenvalue weighted by Crippen LogP contribution is 2.39. The molecule has 2 amide bonds. The minimum atomic E-state index is -0.279. The van der Waals surface area contributed by atoms with Crippen LogP contribution in [0.25, 0.3) is 11.3 Å². The molecule has 2 aromatic carbocycles. The van der Waals surface area contributed by atoms with Crippen molar-refractivity contribution in [3.8, 4) is 17.0 Å². The zero-order chi connectivity index (χ0) is 22.0. The number of carbonyl (C=O) groups excluding carboxylic acids is 2. The van der Waals surface area contributed by atoms with Gasteiger partial charge in [-0.1, -0.05) is 24.1 Å². The van der Waals surface area contributed by atoms with Crippen LogP contribution in [0.15, 0.2) is 48.5 Å². The van der Waals surface area contributed by atoms with Crippen LogP contribution >= 0.6 is 0 Å². The van der Waals surface area contributed by atoms with Gasteiger partial charge in [-0.15, -0.1) is 0 Å². The smallest absolute Gasteiger partial charge is 0.342 e. The Morgan fingerprint density at radius 2 is 1.87 bits per heavy atom. The summed E-state index contributed by atoms with van der Waals surface area (Å²) >= 11 is 0. The van der Waals surface area contributed by atoms with E-state index in [4.69, 9.17) is 0 Å². The van der Waals surface area contributed by atoms with Gasteiger partial charge in [0.15, 0.2) is 0 Å². The molecule has 1 fully saturated rings. The first-order valence-electron chi connectivity index (χ1n) is 10.6. The van der Waals surface area contributed by atoms with Gasteiger partial charge in [0, 0.05) is 29.3 Å². The van der Waals surface area contributed by atoms with Crippen LogP contribution in [0, 0.1) is 6.92 Å². The number of hydrogen-bond donors (Lipinski definition) is 3. The highest BCUT2D eigenvalue weighted by Gasteiger charge is 2.27. The minimum Gasteiger partial charge on any atom is -0.507 e. The number of benzene rings is 2. The van der Waals surface area contributed by atoms with Crippen molar-refractivity contribution in [2.45, 2.75) is 39.0 Å². The summed E-state index contributed by atoms with van der Waals surface area (Å²) in [6.45, 7) is 4.33. The van der Waals surface area contributed by atoms with E-state index in [1.807, 2.05) is 32.0 Å². The summed E-state index contributed by atoms with van der Waals surface area (Å²) < 4.78 is 1.40. The van der Waals surface area contributed by atoms with Gasteiger partial charge in [0.05, 0.1) is 11.4 Å². The van der Waals surface area contributed by atoms with E-state index in [0.29, 0.717) is 29.1 Å². The number of rotatable bonds is 5. The van der Waals surface area contributed by atoms with E-state index in [-0.39, 0.29) is 23.6 Å². The molecular formula is C24H26N4O3. The number of nitrogens with zero attached hydrogens (tertiary/aromatic N) is 2. The zero-order valence-electron chi connectivity index (χ0n) is 17.7. The molecule has 0 unspecified atom stereocenters. The second kappa shape index (κ2) is 8.63. The van der Waals surface area contributed by atoms with Crippen LogP contribution < -0.4 is 10.6 Å². The van der Waals surface area contributed by atoms with Crippen LogP contribution in [0.4, 0.5) is 10.5 Å². The summed E-state index contributed by atoms with van der Waals surface area (Å²) in [7, 11) is 0. The van der Waals surface area contributed by atoms with E-state index in [0.717, 1.165) is 30.5 Å². The van der Waals surface area contributed by atoms with Crippen molar-refractivity contribution in [1.29, 1.82) is 0 Å². The molecule has 1 saturated carbocycles. The molecular weight excluding hydrogens is 392 g/mol. The number of phenolic OH excluding ortho intramolecular Hbond substituents is 1. The van der Waals surface area contributed by atoms with Gasteiger partial charge >= 0.3 is 6.03 Å². The SMILES string of the molecule is CCNC(=O)n1nc(-c2cc(NC(=O)c3ccc(C)cc3)ccc2O)cc1C1CCC1. The van der Waals surface area contributed by atoms with Crippen LogP contribution in [0.2, 0.25) is 0 Å². The first kappa shape index (κ1) is 20.7. The summed E-state index contributed by atoms with van der Waals surface area (Å²) in [5.74, 6) is 0.0871. The van der Waals surface area contributed by atoms with Gasteiger partial charge in [-0.25, -0.2) is 4.79 Å². The van der Waals surface area contributed by atoms with Gasteiger partial charge in [-0.3, -0.25) is 4.79 Å². The second-order valence-electron chi connectivity index (χ2n) is 7.88. The molecule has 7 nitrogen and oxygen atoms in total. The first-order chi connectivity index (χ1) is 15.0. The number of amides is 2. The Labute approximate surface area is 181 Å². The van der Waals surface area contributed by atoms with Crippen molar-refractivity contribution in [1.82, 2.24) is 15.1 Å². The zero-order valence-corrected chi connectivity index (χ0v) is 17.7. The largest absolute Gasteiger partial charge is 0.507 e. The number of aromatic hydroxyl groups is 1. The summed E-state index contributed by atoms with van der Waals surface area (Å²) in [5, 5.41) is 20.6. The third-order valence-corrected chi connectivity index (χ3v) is 5.62. The first-order valence-corrected chi connectivity index (χ1v) is 10.6. The lowest BCUT2D eigenvalue weighted by atomic mass is 9.82. The van der Waals surface area contributed by atoms with E-state index in [9.17, 15) is 14.7 Å². The van der Waals surface area contributed by atoms with E-state index in [1.165, 1.54) is 10.7 Å². The molecule has 1 heterocycles. The molecule has 0 radical (unpaired) electrons. The van der Waals surface area contributed by atoms with Gasteiger partial charge in [0.2, 0.25) is 0 Å². The van der Waals surface area contributed by atoms with Gasteiger partial charge in [0.1, 0.15) is 5.75 Å². The fourth-order valence-corrected chi connectivity index (χ4v) is 3.64. The fourth-order valence-electron chi connectivity index (χ4n) is 3.64. The molecule has 4 rings (SSSR count). The molecule has 0 atom stereocenters. The number of phenols is 1. The molecule has 1 aliphatic rings. The summed E-state index contributed by atoms with van der Waals surface area (Å²) in [6, 6.07) is 13.7. The Bertz CT molecular complexity index is 1110. The van der Waals surface area contributed by atoms with E-state index in [1.54, 1.807) is 24.3 Å². The Morgan fingerprint density at radius 3 is 2.52 bits per heavy atom. The second-order valence-corrected chi connectivity index (χ2v) is 7.88. The molecule has 3 aromatic rings. The normalized spacial score (nSPS) is 13.5. The maximum Gasteiger partial charge on any atom is 0.342 e.